The lowest BCUT2D eigenvalue weighted by Crippen LogP contribution is -2.30. The zero-order valence-electron chi connectivity index (χ0n) is 10.9. The van der Waals surface area contributed by atoms with Gasteiger partial charge in [-0.2, -0.15) is 0 Å². The van der Waals surface area contributed by atoms with E-state index in [2.05, 4.69) is 51.9 Å². The molecule has 5 heteroatoms. The molecule has 0 spiro atoms. The third-order valence-corrected chi connectivity index (χ3v) is 4.85. The van der Waals surface area contributed by atoms with Crippen LogP contribution in [0.5, 0.6) is 0 Å². The van der Waals surface area contributed by atoms with Crippen LogP contribution in [-0.4, -0.2) is 4.98 Å². The molecule has 3 nitrogen and oxygen atoms in total. The first-order valence-corrected chi connectivity index (χ1v) is 7.93. The van der Waals surface area contributed by atoms with Gasteiger partial charge in [0.1, 0.15) is 0 Å². The van der Waals surface area contributed by atoms with Gasteiger partial charge in [0, 0.05) is 14.7 Å². The van der Waals surface area contributed by atoms with Crippen molar-refractivity contribution in [2.75, 3.05) is 0 Å². The summed E-state index contributed by atoms with van der Waals surface area (Å²) >= 11 is 5.33. The first kappa shape index (κ1) is 13.7. The minimum absolute atomic E-state index is 0.111. The van der Waals surface area contributed by atoms with Crippen LogP contribution in [0.4, 0.5) is 0 Å². The van der Waals surface area contributed by atoms with Crippen LogP contribution in [0.15, 0.2) is 46.3 Å². The molecule has 3 N–H and O–H groups in total. The van der Waals surface area contributed by atoms with Crippen LogP contribution in [0.25, 0.3) is 10.9 Å². The highest BCUT2D eigenvalue weighted by atomic mass is 79.9. The van der Waals surface area contributed by atoms with Gasteiger partial charge in [0.25, 0.3) is 0 Å². The minimum Gasteiger partial charge on any atom is -0.271 e. The van der Waals surface area contributed by atoms with Crippen molar-refractivity contribution < 1.29 is 0 Å². The Bertz CT molecular complexity index is 754. The van der Waals surface area contributed by atoms with E-state index in [-0.39, 0.29) is 6.04 Å². The molecule has 2 heterocycles. The lowest BCUT2D eigenvalue weighted by atomic mass is 10.0. The molecule has 0 aliphatic heterocycles. The minimum atomic E-state index is -0.111. The second kappa shape index (κ2) is 5.61. The molecule has 0 radical (unpaired) electrons. The predicted molar refractivity (Wildman–Crippen MR) is 87.7 cm³/mol. The molecule has 2 aromatic heterocycles. The molecule has 0 aliphatic rings. The van der Waals surface area contributed by atoms with Crippen molar-refractivity contribution in [2.45, 2.75) is 13.0 Å². The van der Waals surface area contributed by atoms with E-state index in [1.165, 1.54) is 10.4 Å². The Labute approximate surface area is 129 Å². The third-order valence-electron chi connectivity index (χ3n) is 3.35. The van der Waals surface area contributed by atoms with Gasteiger partial charge in [0.2, 0.25) is 0 Å². The number of fused-ring (bicyclic) bond motifs is 1. The fourth-order valence-electron chi connectivity index (χ4n) is 2.32. The molecule has 0 saturated carbocycles. The van der Waals surface area contributed by atoms with Gasteiger partial charge in [-0.25, -0.2) is 10.4 Å². The maximum absolute atomic E-state index is 5.77. The topological polar surface area (TPSA) is 50.9 Å². The number of rotatable bonds is 3. The number of nitrogens with two attached hydrogens (primary N) is 1. The van der Waals surface area contributed by atoms with Crippen LogP contribution in [0.2, 0.25) is 0 Å². The largest absolute Gasteiger partial charge is 0.271 e. The van der Waals surface area contributed by atoms with Crippen LogP contribution < -0.4 is 11.3 Å². The number of nitrogens with zero attached hydrogens (tertiary/aromatic N) is 1. The number of benzene rings is 1. The number of hydrogen-bond acceptors (Lipinski definition) is 4. The number of aryl methyl sites for hydroxylation is 1. The summed E-state index contributed by atoms with van der Waals surface area (Å²) in [7, 11) is 0. The number of thiophene rings is 1. The van der Waals surface area contributed by atoms with E-state index in [1.54, 1.807) is 11.3 Å². The molecular weight excluding hydrogens is 334 g/mol. The average molecular weight is 348 g/mol. The number of pyridine rings is 1. The first-order valence-electron chi connectivity index (χ1n) is 6.26. The van der Waals surface area contributed by atoms with E-state index in [0.29, 0.717) is 0 Å². The third kappa shape index (κ3) is 2.38. The summed E-state index contributed by atoms with van der Waals surface area (Å²) in [5, 5.41) is 3.19. The van der Waals surface area contributed by atoms with E-state index in [0.717, 1.165) is 21.1 Å². The summed E-state index contributed by atoms with van der Waals surface area (Å²) in [6, 6.07) is 12.1. The molecule has 0 amide bonds. The van der Waals surface area contributed by atoms with Gasteiger partial charge in [-0.15, -0.1) is 11.3 Å². The summed E-state index contributed by atoms with van der Waals surface area (Å²) in [5.41, 5.74) is 5.93. The standard InChI is InChI=1S/C15H14BrN3S/c1-9-11(6-7-20-9)14(19-17)15-12(16)8-10-4-2-3-5-13(10)18-15/h2-8,14,19H,17H2,1H3. The summed E-state index contributed by atoms with van der Waals surface area (Å²) in [5.74, 6) is 5.77. The Hall–Kier alpha value is -1.27. The summed E-state index contributed by atoms with van der Waals surface area (Å²) in [6.45, 7) is 2.10. The quantitative estimate of drug-likeness (QED) is 0.557. The molecule has 0 bridgehead atoms. The molecule has 1 unspecified atom stereocenters. The van der Waals surface area contributed by atoms with Crippen LogP contribution in [-0.2, 0) is 0 Å². The monoisotopic (exact) mass is 347 g/mol. The highest BCUT2D eigenvalue weighted by Gasteiger charge is 2.20. The van der Waals surface area contributed by atoms with Crippen LogP contribution in [0.3, 0.4) is 0 Å². The number of nitrogens with one attached hydrogen (secondary N) is 1. The van der Waals surface area contributed by atoms with Gasteiger partial charge in [-0.05, 0) is 52.0 Å². The number of aromatic nitrogens is 1. The zero-order valence-corrected chi connectivity index (χ0v) is 13.3. The molecule has 0 fully saturated rings. The van der Waals surface area contributed by atoms with Crippen LogP contribution in [0.1, 0.15) is 22.2 Å². The average Bonchev–Trinajstić information content (AvgIpc) is 2.87. The molecule has 3 aromatic rings. The number of hydrogen-bond donors (Lipinski definition) is 2. The van der Waals surface area contributed by atoms with Gasteiger partial charge in [0.05, 0.1) is 17.3 Å². The predicted octanol–water partition coefficient (Wildman–Crippen LogP) is 3.92. The Kier molecular flexibility index (Phi) is 3.85. The van der Waals surface area contributed by atoms with Crippen molar-refractivity contribution in [3.63, 3.8) is 0 Å². The van der Waals surface area contributed by atoms with E-state index in [9.17, 15) is 0 Å². The summed E-state index contributed by atoms with van der Waals surface area (Å²) < 4.78 is 0.963. The second-order valence-electron chi connectivity index (χ2n) is 4.58. The van der Waals surface area contributed by atoms with Gasteiger partial charge in [-0.3, -0.25) is 5.84 Å². The van der Waals surface area contributed by atoms with Crippen LogP contribution in [0, 0.1) is 6.92 Å². The summed E-state index contributed by atoms with van der Waals surface area (Å²) in [4.78, 5) is 6.00. The number of hydrazine groups is 1. The molecule has 1 atom stereocenters. The van der Waals surface area contributed by atoms with Crippen molar-refractivity contribution in [1.82, 2.24) is 10.4 Å². The van der Waals surface area contributed by atoms with E-state index in [1.807, 2.05) is 18.2 Å². The smallest absolute Gasteiger partial charge is 0.0903 e. The lowest BCUT2D eigenvalue weighted by molar-refractivity contribution is 0.619. The number of halogens is 1. The van der Waals surface area contributed by atoms with Crippen LogP contribution >= 0.6 is 27.3 Å². The van der Waals surface area contributed by atoms with Crippen molar-refractivity contribution in [3.05, 3.63) is 62.4 Å². The van der Waals surface area contributed by atoms with Crippen molar-refractivity contribution in [2.24, 2.45) is 5.84 Å². The fraction of sp³-hybridized carbons (Fsp3) is 0.133. The van der Waals surface area contributed by atoms with E-state index >= 15 is 0 Å². The summed E-state index contributed by atoms with van der Waals surface area (Å²) in [6.07, 6.45) is 0. The zero-order chi connectivity index (χ0) is 14.1. The maximum atomic E-state index is 5.77. The highest BCUT2D eigenvalue weighted by molar-refractivity contribution is 9.10. The molecule has 102 valence electrons. The van der Waals surface area contributed by atoms with E-state index < -0.39 is 0 Å². The lowest BCUT2D eigenvalue weighted by Gasteiger charge is -2.17. The highest BCUT2D eigenvalue weighted by Crippen LogP contribution is 2.32. The van der Waals surface area contributed by atoms with Gasteiger partial charge >= 0.3 is 0 Å². The molecule has 20 heavy (non-hydrogen) atoms. The van der Waals surface area contributed by atoms with E-state index in [4.69, 9.17) is 10.8 Å². The van der Waals surface area contributed by atoms with Gasteiger partial charge in [-0.1, -0.05) is 18.2 Å². The molecule has 1 aromatic carbocycles. The van der Waals surface area contributed by atoms with Gasteiger partial charge < -0.3 is 0 Å². The Morgan fingerprint density at radius 1 is 1.30 bits per heavy atom. The molecule has 3 rings (SSSR count). The molecule has 0 saturated heterocycles. The normalized spacial score (nSPS) is 12.8. The molecular formula is C15H14BrN3S. The van der Waals surface area contributed by atoms with Crippen molar-refractivity contribution >= 4 is 38.2 Å². The Balaban J connectivity index is 2.17. The van der Waals surface area contributed by atoms with Crippen molar-refractivity contribution in [3.8, 4) is 0 Å². The Morgan fingerprint density at radius 3 is 2.80 bits per heavy atom. The van der Waals surface area contributed by atoms with Crippen molar-refractivity contribution in [1.29, 1.82) is 0 Å². The SMILES string of the molecule is Cc1sccc1C(NN)c1nc2ccccc2cc1Br. The molecule has 0 aliphatic carbocycles. The fourth-order valence-corrected chi connectivity index (χ4v) is 3.62. The maximum Gasteiger partial charge on any atom is 0.0903 e. The number of para-hydroxylation sites is 1. The second-order valence-corrected chi connectivity index (χ2v) is 6.55. The Morgan fingerprint density at radius 2 is 2.10 bits per heavy atom. The first-order chi connectivity index (χ1) is 9.70. The van der Waals surface area contributed by atoms with Gasteiger partial charge in [0.15, 0.2) is 0 Å².